The maximum absolute atomic E-state index is 12.8. The van der Waals surface area contributed by atoms with E-state index in [1.807, 2.05) is 0 Å². The van der Waals surface area contributed by atoms with Gasteiger partial charge in [-0.1, -0.05) is 0 Å². The fraction of sp³-hybridized carbons (Fsp3) is 0.588. The summed E-state index contributed by atoms with van der Waals surface area (Å²) in [5.74, 6) is -1.02. The van der Waals surface area contributed by atoms with Crippen molar-refractivity contribution >= 4 is 15.9 Å². The van der Waals surface area contributed by atoms with E-state index in [1.165, 1.54) is 4.31 Å². The van der Waals surface area contributed by atoms with Gasteiger partial charge in [-0.3, -0.25) is 4.79 Å². The number of hydrogen-bond donors (Lipinski definition) is 0. The van der Waals surface area contributed by atoms with Crippen LogP contribution in [0.4, 0.5) is 13.2 Å². The third-order valence-electron chi connectivity index (χ3n) is 4.75. The molecular weight excluding hydrogens is 401 g/mol. The molecule has 1 aromatic rings. The summed E-state index contributed by atoms with van der Waals surface area (Å²) in [6.45, 7) is 2.22. The van der Waals surface area contributed by atoms with Crippen LogP contribution in [0.1, 0.15) is 12.8 Å². The zero-order chi connectivity index (χ0) is 20.4. The zero-order valence-corrected chi connectivity index (χ0v) is 15.8. The Hall–Kier alpha value is -1.85. The molecule has 2 fully saturated rings. The predicted octanol–water partition coefficient (Wildman–Crippen LogP) is 1.84. The lowest BCUT2D eigenvalue weighted by molar-refractivity contribution is -0.274. The van der Waals surface area contributed by atoms with Gasteiger partial charge in [0, 0.05) is 26.2 Å². The van der Waals surface area contributed by atoms with Crippen LogP contribution < -0.4 is 4.74 Å². The molecule has 0 saturated carbocycles. The molecule has 1 amide bonds. The summed E-state index contributed by atoms with van der Waals surface area (Å²) in [4.78, 5) is 14.2. The molecule has 2 saturated heterocycles. The number of hydrogen-bond acceptors (Lipinski definition) is 5. The Bertz CT molecular complexity index is 792. The van der Waals surface area contributed by atoms with Gasteiger partial charge in [0.1, 0.15) is 5.75 Å². The first kappa shape index (κ1) is 20.9. The Kier molecular flexibility index (Phi) is 6.15. The minimum Gasteiger partial charge on any atom is -0.406 e. The highest BCUT2D eigenvalue weighted by Crippen LogP contribution is 2.28. The summed E-state index contributed by atoms with van der Waals surface area (Å²) in [5.41, 5.74) is 0. The molecule has 0 radical (unpaired) electrons. The van der Waals surface area contributed by atoms with Crippen molar-refractivity contribution in [3.8, 4) is 5.75 Å². The van der Waals surface area contributed by atoms with Crippen molar-refractivity contribution in [1.29, 1.82) is 0 Å². The van der Waals surface area contributed by atoms with Gasteiger partial charge >= 0.3 is 6.36 Å². The number of piperidine rings is 1. The van der Waals surface area contributed by atoms with E-state index in [1.54, 1.807) is 4.90 Å². The highest BCUT2D eigenvalue weighted by molar-refractivity contribution is 7.89. The number of carbonyl (C=O) groups is 1. The second-order valence-electron chi connectivity index (χ2n) is 6.66. The van der Waals surface area contributed by atoms with Crippen molar-refractivity contribution in [1.82, 2.24) is 9.21 Å². The van der Waals surface area contributed by atoms with E-state index >= 15 is 0 Å². The number of nitrogens with zero attached hydrogens (tertiary/aromatic N) is 2. The van der Waals surface area contributed by atoms with Crippen molar-refractivity contribution in [3.63, 3.8) is 0 Å². The largest absolute Gasteiger partial charge is 0.573 e. The van der Waals surface area contributed by atoms with Crippen molar-refractivity contribution in [2.45, 2.75) is 24.1 Å². The number of benzene rings is 1. The molecule has 1 unspecified atom stereocenters. The lowest BCUT2D eigenvalue weighted by atomic mass is 9.98. The van der Waals surface area contributed by atoms with Gasteiger partial charge in [-0.2, -0.15) is 4.31 Å². The predicted molar refractivity (Wildman–Crippen MR) is 92.0 cm³/mol. The van der Waals surface area contributed by atoms with Crippen molar-refractivity contribution in [3.05, 3.63) is 24.3 Å². The summed E-state index contributed by atoms with van der Waals surface area (Å²) in [6.07, 6.45) is -3.71. The Morgan fingerprint density at radius 3 is 2.36 bits per heavy atom. The SMILES string of the molecule is O=C(C1CCCN(S(=O)(=O)c2ccc(OC(F)(F)F)cc2)C1)N1CCOCC1. The van der Waals surface area contributed by atoms with Crippen LogP contribution in [-0.4, -0.2) is 69.3 Å². The highest BCUT2D eigenvalue weighted by Gasteiger charge is 2.36. The molecule has 0 spiro atoms. The van der Waals surface area contributed by atoms with E-state index in [0.29, 0.717) is 39.1 Å². The van der Waals surface area contributed by atoms with E-state index < -0.39 is 28.1 Å². The Balaban J connectivity index is 1.69. The average Bonchev–Trinajstić information content (AvgIpc) is 2.67. The summed E-state index contributed by atoms with van der Waals surface area (Å²) < 4.78 is 72.6. The number of halogens is 3. The molecule has 0 aliphatic carbocycles. The van der Waals surface area contributed by atoms with Crippen LogP contribution in [0.3, 0.4) is 0 Å². The number of alkyl halides is 3. The fourth-order valence-corrected chi connectivity index (χ4v) is 4.89. The second-order valence-corrected chi connectivity index (χ2v) is 8.60. The molecule has 156 valence electrons. The van der Waals surface area contributed by atoms with Gasteiger partial charge in [0.25, 0.3) is 0 Å². The van der Waals surface area contributed by atoms with Crippen LogP contribution in [0, 0.1) is 5.92 Å². The van der Waals surface area contributed by atoms with Crippen LogP contribution >= 0.6 is 0 Å². The molecule has 2 aliphatic rings. The third-order valence-corrected chi connectivity index (χ3v) is 6.63. The van der Waals surface area contributed by atoms with Crippen molar-refractivity contribution < 1.29 is 35.9 Å². The lowest BCUT2D eigenvalue weighted by Gasteiger charge is -2.35. The normalized spacial score (nSPS) is 22.1. The van der Waals surface area contributed by atoms with Gasteiger partial charge in [-0.15, -0.1) is 13.2 Å². The topological polar surface area (TPSA) is 76.2 Å². The minimum atomic E-state index is -4.85. The smallest absolute Gasteiger partial charge is 0.406 e. The standard InChI is InChI=1S/C17H21F3N2O5S/c18-17(19,20)27-14-3-5-15(6-4-14)28(24,25)22-7-1-2-13(12-22)16(23)21-8-10-26-11-9-21/h3-6,13H,1-2,7-12H2. The number of carbonyl (C=O) groups excluding carboxylic acids is 1. The second kappa shape index (κ2) is 8.26. The molecule has 7 nitrogen and oxygen atoms in total. The van der Waals surface area contributed by atoms with Crippen LogP contribution in [-0.2, 0) is 19.6 Å². The van der Waals surface area contributed by atoms with Gasteiger partial charge in [-0.05, 0) is 37.1 Å². The van der Waals surface area contributed by atoms with E-state index in [2.05, 4.69) is 4.74 Å². The molecule has 0 N–H and O–H groups in total. The van der Waals surface area contributed by atoms with E-state index in [0.717, 1.165) is 24.3 Å². The molecule has 3 rings (SSSR count). The van der Waals surface area contributed by atoms with E-state index in [-0.39, 0.29) is 23.9 Å². The number of rotatable bonds is 4. The lowest BCUT2D eigenvalue weighted by Crippen LogP contribution is -2.49. The molecule has 2 heterocycles. The summed E-state index contributed by atoms with van der Waals surface area (Å²) in [7, 11) is -3.92. The van der Waals surface area contributed by atoms with Crippen molar-refractivity contribution in [2.75, 3.05) is 39.4 Å². The maximum atomic E-state index is 12.8. The van der Waals surface area contributed by atoms with E-state index in [9.17, 15) is 26.4 Å². The van der Waals surface area contributed by atoms with Gasteiger partial charge in [0.15, 0.2) is 0 Å². The average molecular weight is 422 g/mol. The number of morpholine rings is 1. The van der Waals surface area contributed by atoms with E-state index in [4.69, 9.17) is 4.74 Å². The fourth-order valence-electron chi connectivity index (χ4n) is 3.37. The molecule has 28 heavy (non-hydrogen) atoms. The monoisotopic (exact) mass is 422 g/mol. The van der Waals surface area contributed by atoms with Gasteiger partial charge in [0.2, 0.25) is 15.9 Å². The first-order chi connectivity index (χ1) is 13.2. The maximum Gasteiger partial charge on any atom is 0.573 e. The molecular formula is C17H21F3N2O5S. The molecule has 0 aromatic heterocycles. The molecule has 0 bridgehead atoms. The third kappa shape index (κ3) is 4.95. The van der Waals surface area contributed by atoms with Gasteiger partial charge < -0.3 is 14.4 Å². The Labute approximate surface area is 161 Å². The zero-order valence-electron chi connectivity index (χ0n) is 15.0. The Morgan fingerprint density at radius 2 is 1.75 bits per heavy atom. The summed E-state index contributed by atoms with van der Waals surface area (Å²) >= 11 is 0. The number of ether oxygens (including phenoxy) is 2. The molecule has 1 atom stereocenters. The highest BCUT2D eigenvalue weighted by atomic mass is 32.2. The van der Waals surface area contributed by atoms with Crippen LogP contribution in [0.5, 0.6) is 5.75 Å². The van der Waals surface area contributed by atoms with Crippen LogP contribution in [0.15, 0.2) is 29.2 Å². The van der Waals surface area contributed by atoms with Crippen LogP contribution in [0.2, 0.25) is 0 Å². The van der Waals surface area contributed by atoms with Crippen molar-refractivity contribution in [2.24, 2.45) is 5.92 Å². The van der Waals surface area contributed by atoms with Crippen LogP contribution in [0.25, 0.3) is 0 Å². The molecule has 1 aromatic carbocycles. The number of sulfonamides is 1. The first-order valence-corrected chi connectivity index (χ1v) is 10.3. The Morgan fingerprint density at radius 1 is 1.11 bits per heavy atom. The quantitative estimate of drug-likeness (QED) is 0.740. The summed E-state index contributed by atoms with van der Waals surface area (Å²) in [5, 5.41) is 0. The van der Waals surface area contributed by atoms with Gasteiger partial charge in [-0.25, -0.2) is 8.42 Å². The summed E-state index contributed by atoms with van der Waals surface area (Å²) in [6, 6.07) is 4.06. The van der Waals surface area contributed by atoms with Gasteiger partial charge in [0.05, 0.1) is 24.0 Å². The first-order valence-electron chi connectivity index (χ1n) is 8.89. The molecule has 11 heteroatoms. The minimum absolute atomic E-state index is 0.0549. The number of amides is 1. The molecule has 2 aliphatic heterocycles.